The number of rotatable bonds is 9. The number of H-pyrrole nitrogens is 1. The van der Waals surface area contributed by atoms with Gasteiger partial charge in [-0.15, -0.1) is 0 Å². The van der Waals surface area contributed by atoms with Crippen LogP contribution in [-0.4, -0.2) is 87.3 Å². The minimum atomic E-state index is -1.33. The third-order valence-corrected chi connectivity index (χ3v) is 8.53. The summed E-state index contributed by atoms with van der Waals surface area (Å²) in [5.41, 5.74) is 1.46. The van der Waals surface area contributed by atoms with Crippen LogP contribution >= 0.6 is 11.8 Å². The van der Waals surface area contributed by atoms with Crippen LogP contribution in [0, 0.1) is 5.82 Å². The summed E-state index contributed by atoms with van der Waals surface area (Å²) in [5.74, 6) is -1.22. The summed E-state index contributed by atoms with van der Waals surface area (Å²) in [5, 5.41) is 21.0. The lowest BCUT2D eigenvalue weighted by molar-refractivity contribution is 0.0694. The number of imidazole rings is 1. The van der Waals surface area contributed by atoms with Crippen LogP contribution in [0.4, 0.5) is 10.1 Å². The monoisotopic (exact) mass is 567 g/mol. The van der Waals surface area contributed by atoms with Crippen LogP contribution in [0.25, 0.3) is 21.9 Å². The number of carboxylic acids is 1. The number of piperazine rings is 1. The Balaban J connectivity index is 1.17. The number of β-amino-alcohol motifs (C(OH)–C–C–N with tert-alkyl or cyclic N) is 1. The molecule has 0 spiro atoms. The molecule has 12 heteroatoms. The van der Waals surface area contributed by atoms with Crippen LogP contribution in [0.1, 0.15) is 29.2 Å². The van der Waals surface area contributed by atoms with Gasteiger partial charge in [0.05, 0.1) is 35.2 Å². The van der Waals surface area contributed by atoms with Gasteiger partial charge in [0.25, 0.3) is 0 Å². The Kier molecular flexibility index (Phi) is 7.15. The van der Waals surface area contributed by atoms with E-state index in [1.54, 1.807) is 4.57 Å². The van der Waals surface area contributed by atoms with Gasteiger partial charge >= 0.3 is 5.97 Å². The SMILES string of the molecule is COc1c(N2CCN(CC(O)CSc3nc4ccccc4[nH]3)CC2)c(F)cc2c(=O)c(C(=O)O)cn(C3CC3)c12. The van der Waals surface area contributed by atoms with E-state index in [-0.39, 0.29) is 28.4 Å². The first-order valence-corrected chi connectivity index (χ1v) is 14.2. The zero-order valence-corrected chi connectivity index (χ0v) is 22.8. The molecule has 40 heavy (non-hydrogen) atoms. The van der Waals surface area contributed by atoms with E-state index in [4.69, 9.17) is 4.74 Å². The Morgan fingerprint density at radius 2 is 2.00 bits per heavy atom. The van der Waals surface area contributed by atoms with E-state index in [2.05, 4.69) is 14.9 Å². The third kappa shape index (κ3) is 5.02. The van der Waals surface area contributed by atoms with Crippen LogP contribution in [-0.2, 0) is 0 Å². The van der Waals surface area contributed by atoms with Crippen molar-refractivity contribution >= 4 is 45.4 Å². The molecule has 0 bridgehead atoms. The van der Waals surface area contributed by atoms with Crippen LogP contribution in [0.2, 0.25) is 0 Å². The average molecular weight is 568 g/mol. The second kappa shape index (κ2) is 10.8. The van der Waals surface area contributed by atoms with Crippen LogP contribution in [0.5, 0.6) is 5.75 Å². The van der Waals surface area contributed by atoms with Gasteiger partial charge in [0.15, 0.2) is 16.7 Å². The quantitative estimate of drug-likeness (QED) is 0.261. The number of methoxy groups -OCH3 is 1. The maximum absolute atomic E-state index is 15.6. The number of aromatic nitrogens is 3. The summed E-state index contributed by atoms with van der Waals surface area (Å²) in [7, 11) is 1.44. The molecule has 2 fully saturated rings. The zero-order chi connectivity index (χ0) is 28.0. The number of para-hydroxylation sites is 2. The molecule has 3 heterocycles. The van der Waals surface area contributed by atoms with Crippen LogP contribution in [0.3, 0.4) is 0 Å². The van der Waals surface area contributed by atoms with Gasteiger partial charge in [0.1, 0.15) is 11.3 Å². The molecule has 1 atom stereocenters. The van der Waals surface area contributed by atoms with Crippen molar-refractivity contribution in [3.63, 3.8) is 0 Å². The number of ether oxygens (including phenoxy) is 1. The van der Waals surface area contributed by atoms with Gasteiger partial charge < -0.3 is 29.4 Å². The molecule has 2 aliphatic rings. The van der Waals surface area contributed by atoms with E-state index in [0.717, 1.165) is 35.1 Å². The number of carboxylic acid groups (broad SMARTS) is 1. The number of nitrogens with zero attached hydrogens (tertiary/aromatic N) is 4. The number of nitrogens with one attached hydrogen (secondary N) is 1. The van der Waals surface area contributed by atoms with E-state index >= 15 is 4.39 Å². The predicted octanol–water partition coefficient (Wildman–Crippen LogP) is 3.33. The Hall–Kier alpha value is -3.61. The van der Waals surface area contributed by atoms with Crippen molar-refractivity contribution in [2.24, 2.45) is 0 Å². The van der Waals surface area contributed by atoms with Gasteiger partial charge in [0, 0.05) is 50.7 Å². The zero-order valence-electron chi connectivity index (χ0n) is 22.0. The maximum atomic E-state index is 15.6. The van der Waals surface area contributed by atoms with E-state index in [1.807, 2.05) is 29.2 Å². The first-order valence-electron chi connectivity index (χ1n) is 13.3. The second-order valence-electron chi connectivity index (χ2n) is 10.3. The number of hydrogen-bond acceptors (Lipinski definition) is 8. The number of carbonyl (C=O) groups is 1. The maximum Gasteiger partial charge on any atom is 0.341 e. The number of benzene rings is 2. The number of halogens is 1. The highest BCUT2D eigenvalue weighted by Gasteiger charge is 2.32. The number of hydrogen-bond donors (Lipinski definition) is 3. The Bertz CT molecular complexity index is 1610. The minimum Gasteiger partial charge on any atom is -0.492 e. The molecule has 1 unspecified atom stereocenters. The fraction of sp³-hybridized carbons (Fsp3) is 0.393. The van der Waals surface area contributed by atoms with Gasteiger partial charge in [-0.25, -0.2) is 14.2 Å². The smallest absolute Gasteiger partial charge is 0.341 e. The lowest BCUT2D eigenvalue weighted by Crippen LogP contribution is -2.49. The molecular weight excluding hydrogens is 537 g/mol. The van der Waals surface area contributed by atoms with Gasteiger partial charge in [0.2, 0.25) is 5.43 Å². The van der Waals surface area contributed by atoms with Crippen LogP contribution in [0.15, 0.2) is 46.5 Å². The molecule has 4 aromatic rings. The lowest BCUT2D eigenvalue weighted by Gasteiger charge is -2.37. The van der Waals surface area contributed by atoms with Crippen LogP contribution < -0.4 is 15.1 Å². The van der Waals surface area contributed by atoms with Crippen molar-refractivity contribution in [3.05, 3.63) is 58.1 Å². The van der Waals surface area contributed by atoms with Gasteiger partial charge in [-0.1, -0.05) is 23.9 Å². The van der Waals surface area contributed by atoms with Crippen molar-refractivity contribution in [2.75, 3.05) is 50.5 Å². The molecule has 0 radical (unpaired) electrons. The predicted molar refractivity (Wildman–Crippen MR) is 151 cm³/mol. The highest BCUT2D eigenvalue weighted by atomic mass is 32.2. The Labute approximate surface area is 233 Å². The molecule has 2 aromatic heterocycles. The number of aromatic carboxylic acids is 1. The average Bonchev–Trinajstić information content (AvgIpc) is 3.70. The summed E-state index contributed by atoms with van der Waals surface area (Å²) in [6.07, 6.45) is 2.50. The molecule has 6 rings (SSSR count). The summed E-state index contributed by atoms with van der Waals surface area (Å²) in [6, 6.07) is 8.98. The normalized spacial score (nSPS) is 17.0. The largest absolute Gasteiger partial charge is 0.492 e. The molecule has 1 aliphatic heterocycles. The molecule has 2 aromatic carbocycles. The van der Waals surface area contributed by atoms with E-state index in [0.29, 0.717) is 44.0 Å². The van der Waals surface area contributed by atoms with Gasteiger partial charge in [-0.2, -0.15) is 0 Å². The Morgan fingerprint density at radius 1 is 1.25 bits per heavy atom. The highest BCUT2D eigenvalue weighted by molar-refractivity contribution is 7.99. The number of aliphatic hydroxyl groups excluding tert-OH is 1. The van der Waals surface area contributed by atoms with E-state index in [9.17, 15) is 19.8 Å². The molecule has 10 nitrogen and oxygen atoms in total. The Morgan fingerprint density at radius 3 is 2.67 bits per heavy atom. The topological polar surface area (TPSA) is 124 Å². The second-order valence-corrected chi connectivity index (χ2v) is 11.3. The molecule has 210 valence electrons. The number of thioether (sulfide) groups is 1. The first kappa shape index (κ1) is 26.6. The number of anilines is 1. The fourth-order valence-electron chi connectivity index (χ4n) is 5.40. The highest BCUT2D eigenvalue weighted by Crippen LogP contribution is 2.43. The van der Waals surface area contributed by atoms with Crippen molar-refractivity contribution in [2.45, 2.75) is 30.1 Å². The van der Waals surface area contributed by atoms with Gasteiger partial charge in [-0.05, 0) is 31.0 Å². The molecule has 0 amide bonds. The minimum absolute atomic E-state index is 0.00797. The number of pyridine rings is 1. The molecule has 1 saturated carbocycles. The third-order valence-electron chi connectivity index (χ3n) is 7.51. The molecule has 3 N–H and O–H groups in total. The van der Waals surface area contributed by atoms with Crippen molar-refractivity contribution in [1.82, 2.24) is 19.4 Å². The van der Waals surface area contributed by atoms with Gasteiger partial charge in [-0.3, -0.25) is 9.69 Å². The van der Waals surface area contributed by atoms with E-state index in [1.165, 1.54) is 25.1 Å². The number of aromatic amines is 1. The molecule has 1 aliphatic carbocycles. The number of aliphatic hydroxyl groups is 1. The molecule has 1 saturated heterocycles. The fourth-order valence-corrected chi connectivity index (χ4v) is 6.20. The van der Waals surface area contributed by atoms with E-state index < -0.39 is 23.3 Å². The lowest BCUT2D eigenvalue weighted by atomic mass is 10.1. The summed E-state index contributed by atoms with van der Waals surface area (Å²) in [4.78, 5) is 36.5. The van der Waals surface area contributed by atoms with Crippen molar-refractivity contribution in [3.8, 4) is 5.75 Å². The van der Waals surface area contributed by atoms with Crippen molar-refractivity contribution < 1.29 is 24.1 Å². The summed E-state index contributed by atoms with van der Waals surface area (Å²) < 4.78 is 23.0. The molecular formula is C28H30FN5O5S. The number of fused-ring (bicyclic) bond motifs is 2. The first-order chi connectivity index (χ1) is 19.3. The standard InChI is InChI=1S/C28H30FN5O5S/c1-39-26-23-18(25(36)19(27(37)38)14-34(23)16-6-7-16)12-20(29)24(26)33-10-8-32(9-11-33)13-17(35)15-40-28-30-21-4-2-3-5-22(21)31-28/h2-5,12,14,16-17,35H,6-11,13,15H2,1H3,(H,30,31)(H,37,38). The summed E-state index contributed by atoms with van der Waals surface area (Å²) in [6.45, 7) is 2.71. The summed E-state index contributed by atoms with van der Waals surface area (Å²) >= 11 is 1.48. The van der Waals surface area contributed by atoms with Crippen molar-refractivity contribution in [1.29, 1.82) is 0 Å².